The number of fused-ring (bicyclic) bond motifs is 1. The highest BCUT2D eigenvalue weighted by Gasteiger charge is 2.21. The molecule has 0 amide bonds. The van der Waals surface area contributed by atoms with E-state index in [2.05, 4.69) is 13.2 Å². The van der Waals surface area contributed by atoms with E-state index in [4.69, 9.17) is 14.2 Å². The van der Waals surface area contributed by atoms with E-state index in [9.17, 15) is 9.59 Å². The molecule has 29 heavy (non-hydrogen) atoms. The molecule has 5 nitrogen and oxygen atoms in total. The van der Waals surface area contributed by atoms with Gasteiger partial charge in [0.15, 0.2) is 11.5 Å². The monoisotopic (exact) mass is 388 g/mol. The summed E-state index contributed by atoms with van der Waals surface area (Å²) in [6.45, 7) is 10.4. The molecule has 0 saturated carbocycles. The zero-order valence-corrected chi connectivity index (χ0v) is 16.2. The van der Waals surface area contributed by atoms with Crippen molar-refractivity contribution in [2.45, 2.75) is 13.8 Å². The molecular formula is C24H20O5. The number of ether oxygens (including phenoxy) is 3. The summed E-state index contributed by atoms with van der Waals surface area (Å²) in [6.07, 6.45) is 0. The predicted molar refractivity (Wildman–Crippen MR) is 111 cm³/mol. The molecule has 0 aliphatic heterocycles. The van der Waals surface area contributed by atoms with Gasteiger partial charge in [0.25, 0.3) is 0 Å². The molecule has 0 unspecified atom stereocenters. The second-order valence-corrected chi connectivity index (χ2v) is 6.50. The molecule has 0 aliphatic rings. The van der Waals surface area contributed by atoms with Crippen LogP contribution in [-0.2, 0) is 9.59 Å². The van der Waals surface area contributed by atoms with Gasteiger partial charge >= 0.3 is 11.9 Å². The van der Waals surface area contributed by atoms with Crippen LogP contribution in [0, 0.1) is 0 Å². The van der Waals surface area contributed by atoms with Gasteiger partial charge in [-0.3, -0.25) is 0 Å². The maximum atomic E-state index is 12.2. The number of rotatable bonds is 6. The van der Waals surface area contributed by atoms with Crippen molar-refractivity contribution in [3.05, 3.63) is 85.0 Å². The molecule has 0 heterocycles. The van der Waals surface area contributed by atoms with E-state index >= 15 is 0 Å². The molecule has 0 radical (unpaired) electrons. The Morgan fingerprint density at radius 2 is 1.28 bits per heavy atom. The molecule has 146 valence electrons. The van der Waals surface area contributed by atoms with Crippen LogP contribution in [-0.4, -0.2) is 11.9 Å². The zero-order valence-electron chi connectivity index (χ0n) is 16.2. The number of esters is 2. The summed E-state index contributed by atoms with van der Waals surface area (Å²) >= 11 is 0. The molecule has 0 N–H and O–H groups in total. The van der Waals surface area contributed by atoms with Gasteiger partial charge in [0.05, 0.1) is 0 Å². The lowest BCUT2D eigenvalue weighted by Crippen LogP contribution is -2.11. The normalized spacial score (nSPS) is 10.3. The quantitative estimate of drug-likeness (QED) is 0.313. The molecule has 0 bridgehead atoms. The van der Waals surface area contributed by atoms with Crippen molar-refractivity contribution in [1.82, 2.24) is 0 Å². The SMILES string of the molecule is C=C(C)C(=O)Oc1cc(Oc2ccccc2)c(OC(=O)C(=C)C)c2ccccc12. The fourth-order valence-corrected chi connectivity index (χ4v) is 2.54. The summed E-state index contributed by atoms with van der Waals surface area (Å²) in [6, 6.07) is 17.6. The summed E-state index contributed by atoms with van der Waals surface area (Å²) < 4.78 is 17.0. The lowest BCUT2D eigenvalue weighted by atomic mass is 10.1. The van der Waals surface area contributed by atoms with E-state index in [0.29, 0.717) is 16.5 Å². The van der Waals surface area contributed by atoms with E-state index in [-0.39, 0.29) is 28.4 Å². The summed E-state index contributed by atoms with van der Waals surface area (Å²) in [4.78, 5) is 24.4. The Balaban J connectivity index is 2.20. The van der Waals surface area contributed by atoms with Gasteiger partial charge in [-0.15, -0.1) is 0 Å². The first-order chi connectivity index (χ1) is 13.9. The van der Waals surface area contributed by atoms with Crippen LogP contribution in [0.3, 0.4) is 0 Å². The fraction of sp³-hybridized carbons (Fsp3) is 0.0833. The maximum Gasteiger partial charge on any atom is 0.338 e. The second-order valence-electron chi connectivity index (χ2n) is 6.50. The van der Waals surface area contributed by atoms with E-state index < -0.39 is 11.9 Å². The minimum Gasteiger partial charge on any atom is -0.453 e. The van der Waals surface area contributed by atoms with Crippen molar-refractivity contribution in [1.29, 1.82) is 0 Å². The summed E-state index contributed by atoms with van der Waals surface area (Å²) in [5.41, 5.74) is 0.509. The number of para-hydroxylation sites is 1. The molecule has 0 aliphatic carbocycles. The highest BCUT2D eigenvalue weighted by atomic mass is 16.6. The van der Waals surface area contributed by atoms with Crippen molar-refractivity contribution in [2.24, 2.45) is 0 Å². The minimum absolute atomic E-state index is 0.215. The number of hydrogen-bond donors (Lipinski definition) is 0. The number of benzene rings is 3. The van der Waals surface area contributed by atoms with Crippen LogP contribution in [0.15, 0.2) is 85.0 Å². The van der Waals surface area contributed by atoms with Crippen molar-refractivity contribution in [3.8, 4) is 23.0 Å². The van der Waals surface area contributed by atoms with E-state index in [1.807, 2.05) is 18.2 Å². The van der Waals surface area contributed by atoms with E-state index in [1.165, 1.54) is 6.07 Å². The highest BCUT2D eigenvalue weighted by Crippen LogP contribution is 2.43. The molecule has 5 heteroatoms. The van der Waals surface area contributed by atoms with Crippen LogP contribution in [0.5, 0.6) is 23.0 Å². The smallest absolute Gasteiger partial charge is 0.338 e. The third kappa shape index (κ3) is 4.52. The topological polar surface area (TPSA) is 61.8 Å². The average Bonchev–Trinajstić information content (AvgIpc) is 2.71. The number of carbonyl (C=O) groups excluding carboxylic acids is 2. The molecule has 3 rings (SSSR count). The molecule has 0 aromatic heterocycles. The Kier molecular flexibility index (Phi) is 5.79. The van der Waals surface area contributed by atoms with Crippen LogP contribution in [0.4, 0.5) is 0 Å². The van der Waals surface area contributed by atoms with Crippen LogP contribution in [0.1, 0.15) is 13.8 Å². The van der Waals surface area contributed by atoms with Crippen LogP contribution in [0.2, 0.25) is 0 Å². The lowest BCUT2D eigenvalue weighted by Gasteiger charge is -2.17. The highest BCUT2D eigenvalue weighted by molar-refractivity contribution is 6.01. The Labute approximate surface area is 168 Å². The third-order valence-electron chi connectivity index (χ3n) is 3.99. The maximum absolute atomic E-state index is 12.2. The Bertz CT molecular complexity index is 1110. The molecule has 3 aromatic rings. The van der Waals surface area contributed by atoms with Gasteiger partial charge in [-0.05, 0) is 26.0 Å². The third-order valence-corrected chi connectivity index (χ3v) is 3.99. The number of hydrogen-bond acceptors (Lipinski definition) is 5. The Morgan fingerprint density at radius 1 is 0.724 bits per heavy atom. The van der Waals surface area contributed by atoms with Crippen LogP contribution >= 0.6 is 0 Å². The molecule has 0 saturated heterocycles. The molecule has 0 spiro atoms. The van der Waals surface area contributed by atoms with E-state index in [0.717, 1.165) is 0 Å². The summed E-state index contributed by atoms with van der Waals surface area (Å²) in [5, 5.41) is 1.15. The zero-order chi connectivity index (χ0) is 21.0. The number of carbonyl (C=O) groups is 2. The van der Waals surface area contributed by atoms with Gasteiger partial charge in [-0.1, -0.05) is 55.6 Å². The molecule has 0 fully saturated rings. The minimum atomic E-state index is -0.584. The van der Waals surface area contributed by atoms with E-state index in [1.54, 1.807) is 50.2 Å². The van der Waals surface area contributed by atoms with Crippen LogP contribution in [0.25, 0.3) is 10.8 Å². The standard InChI is InChI=1S/C24H20O5/c1-15(2)23(25)28-20-14-21(27-17-10-6-5-7-11-17)22(29-24(26)16(3)4)19-13-9-8-12-18(19)20/h5-14H,1,3H2,2,4H3. The van der Waals surface area contributed by atoms with Crippen molar-refractivity contribution >= 4 is 22.7 Å². The van der Waals surface area contributed by atoms with Crippen molar-refractivity contribution < 1.29 is 23.8 Å². The first-order valence-corrected chi connectivity index (χ1v) is 8.91. The van der Waals surface area contributed by atoms with Crippen molar-refractivity contribution in [3.63, 3.8) is 0 Å². The van der Waals surface area contributed by atoms with Crippen LogP contribution < -0.4 is 14.2 Å². The van der Waals surface area contributed by atoms with Gasteiger partial charge in [0.2, 0.25) is 0 Å². The van der Waals surface area contributed by atoms with Gasteiger partial charge in [0.1, 0.15) is 11.5 Å². The molecule has 0 atom stereocenters. The average molecular weight is 388 g/mol. The summed E-state index contributed by atoms with van der Waals surface area (Å²) in [5.74, 6) is 0.107. The molecular weight excluding hydrogens is 368 g/mol. The second kappa shape index (κ2) is 8.44. The fourth-order valence-electron chi connectivity index (χ4n) is 2.54. The van der Waals surface area contributed by atoms with Gasteiger partial charge < -0.3 is 14.2 Å². The lowest BCUT2D eigenvalue weighted by molar-refractivity contribution is -0.131. The van der Waals surface area contributed by atoms with Gasteiger partial charge in [-0.25, -0.2) is 9.59 Å². The Morgan fingerprint density at radius 3 is 1.90 bits per heavy atom. The van der Waals surface area contributed by atoms with Gasteiger partial charge in [-0.2, -0.15) is 0 Å². The summed E-state index contributed by atoms with van der Waals surface area (Å²) in [7, 11) is 0. The Hall–Kier alpha value is -3.86. The first kappa shape index (κ1) is 19.9. The largest absolute Gasteiger partial charge is 0.453 e. The first-order valence-electron chi connectivity index (χ1n) is 8.91. The molecule has 3 aromatic carbocycles. The van der Waals surface area contributed by atoms with Gasteiger partial charge in [0, 0.05) is 28.0 Å². The van der Waals surface area contributed by atoms with Crippen molar-refractivity contribution in [2.75, 3.05) is 0 Å². The predicted octanol–water partition coefficient (Wildman–Crippen LogP) is 5.60.